The second kappa shape index (κ2) is 7.08. The van der Waals surface area contributed by atoms with Crippen molar-refractivity contribution in [2.75, 3.05) is 12.8 Å². The van der Waals surface area contributed by atoms with E-state index in [4.69, 9.17) is 10.5 Å². The molecule has 1 aromatic heterocycles. The van der Waals surface area contributed by atoms with Gasteiger partial charge in [0, 0.05) is 19.0 Å². The Morgan fingerprint density at radius 1 is 1.21 bits per heavy atom. The largest absolute Gasteiger partial charge is 0.462 e. The summed E-state index contributed by atoms with van der Waals surface area (Å²) in [6.45, 7) is 1.90. The highest BCUT2D eigenvalue weighted by Crippen LogP contribution is 2.23. The molecule has 1 aromatic carbocycles. The number of allylic oxidation sites excluding steroid dienone is 4. The molecular weight excluding hydrogens is 300 g/mol. The molecule has 0 unspecified atom stereocenters. The number of benzene rings is 1. The number of nitrogens with zero attached hydrogens (tertiary/aromatic N) is 3. The van der Waals surface area contributed by atoms with Gasteiger partial charge in [0.25, 0.3) is 0 Å². The van der Waals surface area contributed by atoms with Crippen molar-refractivity contribution in [1.29, 1.82) is 0 Å². The van der Waals surface area contributed by atoms with Gasteiger partial charge in [-0.25, -0.2) is 9.97 Å². The van der Waals surface area contributed by atoms with E-state index in [1.165, 1.54) is 6.33 Å². The summed E-state index contributed by atoms with van der Waals surface area (Å²) in [6, 6.07) is 7.83. The van der Waals surface area contributed by atoms with Crippen LogP contribution in [0.3, 0.4) is 0 Å². The maximum Gasteiger partial charge on any atom is 0.136 e. The number of hydrogen-bond donors (Lipinski definition) is 1. The molecule has 0 saturated carbocycles. The lowest BCUT2D eigenvalue weighted by atomic mass is 10.0. The summed E-state index contributed by atoms with van der Waals surface area (Å²) in [5.74, 6) is 2.22. The number of aromatic nitrogens is 2. The first-order chi connectivity index (χ1) is 11.7. The Morgan fingerprint density at radius 3 is 2.62 bits per heavy atom. The smallest absolute Gasteiger partial charge is 0.136 e. The molecule has 1 aliphatic rings. The van der Waals surface area contributed by atoms with Crippen LogP contribution in [0, 0.1) is 6.92 Å². The van der Waals surface area contributed by atoms with Gasteiger partial charge in [-0.2, -0.15) is 0 Å². The van der Waals surface area contributed by atoms with Crippen LogP contribution in [0.5, 0.6) is 5.75 Å². The van der Waals surface area contributed by atoms with Crippen molar-refractivity contribution < 1.29 is 4.74 Å². The molecule has 0 bridgehead atoms. The maximum absolute atomic E-state index is 6.02. The van der Waals surface area contributed by atoms with Crippen LogP contribution in [0.15, 0.2) is 59.6 Å². The Labute approximate surface area is 141 Å². The highest BCUT2D eigenvalue weighted by molar-refractivity contribution is 6.15. The third-order valence-electron chi connectivity index (χ3n) is 3.88. The van der Waals surface area contributed by atoms with Crippen LogP contribution in [0.25, 0.3) is 0 Å². The van der Waals surface area contributed by atoms with Crippen LogP contribution in [-0.2, 0) is 0 Å². The summed E-state index contributed by atoms with van der Waals surface area (Å²) in [4.78, 5) is 12.7. The molecule has 1 aliphatic carbocycles. The SMILES string of the molecule is CN=C(c1ccc(OC2=CC=CCC2)cc1)c1c(C)ncnc1N. The fourth-order valence-electron chi connectivity index (χ4n) is 2.67. The molecule has 0 amide bonds. The summed E-state index contributed by atoms with van der Waals surface area (Å²) in [7, 11) is 1.74. The van der Waals surface area contributed by atoms with Crippen molar-refractivity contribution in [3.05, 3.63) is 71.4 Å². The Hall–Kier alpha value is -2.95. The first-order valence-electron chi connectivity index (χ1n) is 7.87. The van der Waals surface area contributed by atoms with Gasteiger partial charge in [0.2, 0.25) is 0 Å². The molecule has 0 radical (unpaired) electrons. The quantitative estimate of drug-likeness (QED) is 0.876. The monoisotopic (exact) mass is 320 g/mol. The average Bonchev–Trinajstić information content (AvgIpc) is 2.60. The van der Waals surface area contributed by atoms with Crippen molar-refractivity contribution in [3.8, 4) is 5.75 Å². The lowest BCUT2D eigenvalue weighted by Gasteiger charge is -2.13. The van der Waals surface area contributed by atoms with Gasteiger partial charge in [0.1, 0.15) is 23.7 Å². The molecule has 0 atom stereocenters. The Balaban J connectivity index is 1.86. The zero-order valence-corrected chi connectivity index (χ0v) is 13.9. The van der Waals surface area contributed by atoms with Gasteiger partial charge >= 0.3 is 0 Å². The molecule has 122 valence electrons. The summed E-state index contributed by atoms with van der Waals surface area (Å²) >= 11 is 0. The zero-order chi connectivity index (χ0) is 16.9. The Bertz CT molecular complexity index is 800. The number of aliphatic imine (C=N–C) groups is 1. The van der Waals surface area contributed by atoms with E-state index in [9.17, 15) is 0 Å². The fraction of sp³-hybridized carbons (Fsp3) is 0.211. The van der Waals surface area contributed by atoms with Gasteiger partial charge in [-0.15, -0.1) is 0 Å². The van der Waals surface area contributed by atoms with Gasteiger partial charge in [-0.3, -0.25) is 4.99 Å². The topological polar surface area (TPSA) is 73.4 Å². The highest BCUT2D eigenvalue weighted by Gasteiger charge is 2.14. The van der Waals surface area contributed by atoms with E-state index >= 15 is 0 Å². The number of anilines is 1. The van der Waals surface area contributed by atoms with E-state index in [-0.39, 0.29) is 0 Å². The summed E-state index contributed by atoms with van der Waals surface area (Å²) in [5, 5.41) is 0. The summed E-state index contributed by atoms with van der Waals surface area (Å²) in [5.41, 5.74) is 9.32. The van der Waals surface area contributed by atoms with Crippen LogP contribution in [0.1, 0.15) is 29.7 Å². The minimum absolute atomic E-state index is 0.433. The molecular formula is C19H20N4O. The van der Waals surface area contributed by atoms with Crippen LogP contribution in [0.2, 0.25) is 0 Å². The van der Waals surface area contributed by atoms with Crippen molar-refractivity contribution in [2.45, 2.75) is 19.8 Å². The van der Waals surface area contributed by atoms with Gasteiger partial charge in [0.05, 0.1) is 17.0 Å². The van der Waals surface area contributed by atoms with Crippen LogP contribution >= 0.6 is 0 Å². The zero-order valence-electron chi connectivity index (χ0n) is 13.9. The highest BCUT2D eigenvalue weighted by atomic mass is 16.5. The number of aryl methyl sites for hydroxylation is 1. The number of hydrogen-bond acceptors (Lipinski definition) is 5. The number of ether oxygens (including phenoxy) is 1. The first kappa shape index (κ1) is 15.9. The van der Waals surface area contributed by atoms with Crippen LogP contribution in [-0.4, -0.2) is 22.7 Å². The van der Waals surface area contributed by atoms with Crippen molar-refractivity contribution in [3.63, 3.8) is 0 Å². The molecule has 5 heteroatoms. The van der Waals surface area contributed by atoms with E-state index in [2.05, 4.69) is 21.0 Å². The van der Waals surface area contributed by atoms with E-state index in [0.29, 0.717) is 5.82 Å². The van der Waals surface area contributed by atoms with E-state index in [0.717, 1.165) is 46.9 Å². The van der Waals surface area contributed by atoms with Gasteiger partial charge in [0.15, 0.2) is 0 Å². The predicted molar refractivity (Wildman–Crippen MR) is 96.3 cm³/mol. The second-order valence-corrected chi connectivity index (χ2v) is 5.52. The third kappa shape index (κ3) is 3.35. The molecule has 0 spiro atoms. The Morgan fingerprint density at radius 2 is 2.00 bits per heavy atom. The predicted octanol–water partition coefficient (Wildman–Crippen LogP) is 3.45. The van der Waals surface area contributed by atoms with E-state index in [1.807, 2.05) is 43.3 Å². The van der Waals surface area contributed by atoms with Gasteiger partial charge in [-0.05, 0) is 43.7 Å². The molecule has 0 fully saturated rings. The molecule has 2 N–H and O–H groups in total. The van der Waals surface area contributed by atoms with Crippen LogP contribution in [0.4, 0.5) is 5.82 Å². The fourth-order valence-corrected chi connectivity index (χ4v) is 2.67. The van der Waals surface area contributed by atoms with Gasteiger partial charge < -0.3 is 10.5 Å². The lowest BCUT2D eigenvalue weighted by Crippen LogP contribution is -2.11. The van der Waals surface area contributed by atoms with Crippen molar-refractivity contribution in [2.24, 2.45) is 4.99 Å². The first-order valence-corrected chi connectivity index (χ1v) is 7.87. The summed E-state index contributed by atoms with van der Waals surface area (Å²) < 4.78 is 5.90. The minimum atomic E-state index is 0.433. The lowest BCUT2D eigenvalue weighted by molar-refractivity contribution is 0.402. The summed E-state index contributed by atoms with van der Waals surface area (Å²) in [6.07, 6.45) is 9.57. The van der Waals surface area contributed by atoms with Crippen molar-refractivity contribution in [1.82, 2.24) is 9.97 Å². The third-order valence-corrected chi connectivity index (χ3v) is 3.88. The van der Waals surface area contributed by atoms with Crippen LogP contribution < -0.4 is 10.5 Å². The molecule has 2 aromatic rings. The van der Waals surface area contributed by atoms with E-state index in [1.54, 1.807) is 7.05 Å². The molecule has 0 saturated heterocycles. The molecule has 3 rings (SSSR count). The molecule has 24 heavy (non-hydrogen) atoms. The number of nitrogens with two attached hydrogens (primary N) is 1. The molecule has 1 heterocycles. The number of rotatable bonds is 4. The standard InChI is InChI=1S/C19H20N4O/c1-13-17(19(20)23-12-22-13)18(21-2)14-8-10-16(11-9-14)24-15-6-4-3-5-7-15/h3-4,6,8-12H,5,7H2,1-2H3,(H2,20,22,23). The second-order valence-electron chi connectivity index (χ2n) is 5.52. The Kier molecular flexibility index (Phi) is 4.70. The average molecular weight is 320 g/mol. The minimum Gasteiger partial charge on any atom is -0.462 e. The normalized spacial score (nSPS) is 14.4. The number of nitrogen functional groups attached to an aromatic ring is 1. The van der Waals surface area contributed by atoms with Gasteiger partial charge in [-0.1, -0.05) is 12.2 Å². The molecule has 5 nitrogen and oxygen atoms in total. The molecule has 0 aliphatic heterocycles. The van der Waals surface area contributed by atoms with E-state index < -0.39 is 0 Å². The van der Waals surface area contributed by atoms with Crippen molar-refractivity contribution >= 4 is 11.5 Å². The maximum atomic E-state index is 6.02.